The third-order valence-electron chi connectivity index (χ3n) is 5.12. The van der Waals surface area contributed by atoms with Gasteiger partial charge in [0.25, 0.3) is 5.90 Å². The third-order valence-corrected chi connectivity index (χ3v) is 5.12. The first-order chi connectivity index (χ1) is 15.1. The Morgan fingerprint density at radius 3 is 2.90 bits per heavy atom. The largest absolute Gasteiger partial charge is 0.490 e. The van der Waals surface area contributed by atoms with Crippen molar-refractivity contribution in [2.75, 3.05) is 13.2 Å². The molecule has 0 saturated heterocycles. The Morgan fingerprint density at radius 2 is 2.19 bits per heavy atom. The van der Waals surface area contributed by atoms with Crippen LogP contribution in [0, 0.1) is 11.3 Å². The molecular formula is C24H28N4O3. The summed E-state index contributed by atoms with van der Waals surface area (Å²) in [6.45, 7) is 8.35. The molecule has 0 radical (unpaired) electrons. The first-order valence-electron chi connectivity index (χ1n) is 10.4. The smallest absolute Gasteiger partial charge is 0.251 e. The van der Waals surface area contributed by atoms with Crippen LogP contribution >= 0.6 is 0 Å². The predicted molar refractivity (Wildman–Crippen MR) is 120 cm³/mol. The number of oxime groups is 1. The maximum atomic E-state index is 9.50. The molecular weight excluding hydrogens is 392 g/mol. The fourth-order valence-electron chi connectivity index (χ4n) is 3.83. The molecule has 2 N–H and O–H groups in total. The lowest BCUT2D eigenvalue weighted by Gasteiger charge is -2.14. The molecule has 0 saturated carbocycles. The Morgan fingerprint density at radius 1 is 1.35 bits per heavy atom. The lowest BCUT2D eigenvalue weighted by atomic mass is 10.0. The Labute approximate surface area is 183 Å². The van der Waals surface area contributed by atoms with Gasteiger partial charge in [0.05, 0.1) is 24.8 Å². The maximum Gasteiger partial charge on any atom is 0.251 e. The number of ether oxygens (including phenoxy) is 1. The van der Waals surface area contributed by atoms with Crippen LogP contribution in [0.15, 0.2) is 46.5 Å². The van der Waals surface area contributed by atoms with E-state index in [1.165, 1.54) is 11.1 Å². The van der Waals surface area contributed by atoms with Gasteiger partial charge in [-0.2, -0.15) is 5.26 Å². The number of nitriles is 1. The molecule has 7 heteroatoms. The average Bonchev–Trinajstić information content (AvgIpc) is 3.19. The monoisotopic (exact) mass is 420 g/mol. The number of rotatable bonds is 9. The number of aliphatic hydroxyl groups is 1. The zero-order valence-corrected chi connectivity index (χ0v) is 18.0. The van der Waals surface area contributed by atoms with Crippen LogP contribution in [0.2, 0.25) is 0 Å². The molecule has 0 aromatic heterocycles. The van der Waals surface area contributed by atoms with Crippen molar-refractivity contribution in [2.24, 2.45) is 10.1 Å². The van der Waals surface area contributed by atoms with E-state index in [4.69, 9.17) is 14.7 Å². The van der Waals surface area contributed by atoms with Crippen LogP contribution in [0.3, 0.4) is 0 Å². The van der Waals surface area contributed by atoms with E-state index < -0.39 is 0 Å². The molecule has 1 unspecified atom stereocenters. The van der Waals surface area contributed by atoms with Crippen molar-refractivity contribution in [1.82, 2.24) is 5.32 Å². The van der Waals surface area contributed by atoms with Gasteiger partial charge in [-0.25, -0.2) is 4.99 Å². The van der Waals surface area contributed by atoms with Crippen molar-refractivity contribution in [2.45, 2.75) is 45.4 Å². The number of nitrogens with zero attached hydrogens (tertiary/aromatic N) is 3. The van der Waals surface area contributed by atoms with E-state index in [1.807, 2.05) is 19.9 Å². The van der Waals surface area contributed by atoms with Gasteiger partial charge in [-0.3, -0.25) is 0 Å². The Kier molecular flexibility index (Phi) is 7.76. The summed E-state index contributed by atoms with van der Waals surface area (Å²) < 4.78 is 5.69. The quantitative estimate of drug-likeness (QED) is 0.367. The Balaban J connectivity index is 1.86. The summed E-state index contributed by atoms with van der Waals surface area (Å²) in [5.74, 6) is 0.822. The summed E-state index contributed by atoms with van der Waals surface area (Å²) in [7, 11) is 0. The van der Waals surface area contributed by atoms with Crippen LogP contribution in [0.5, 0.6) is 5.75 Å². The van der Waals surface area contributed by atoms with E-state index in [0.717, 1.165) is 18.4 Å². The lowest BCUT2D eigenvalue weighted by Crippen LogP contribution is -2.22. The molecule has 0 heterocycles. The Hall–Kier alpha value is -3.21. The molecule has 2 aromatic carbocycles. The van der Waals surface area contributed by atoms with Gasteiger partial charge in [0.15, 0.2) is 0 Å². The second kappa shape index (κ2) is 10.7. The third kappa shape index (κ3) is 5.48. The van der Waals surface area contributed by atoms with Gasteiger partial charge in [-0.15, -0.1) is 0 Å². The molecule has 1 aliphatic carbocycles. The van der Waals surface area contributed by atoms with Crippen molar-refractivity contribution < 1.29 is 14.7 Å². The average molecular weight is 421 g/mol. The van der Waals surface area contributed by atoms with Crippen LogP contribution in [-0.4, -0.2) is 37.0 Å². The lowest BCUT2D eigenvalue weighted by molar-refractivity contribution is 0.241. The molecule has 31 heavy (non-hydrogen) atoms. The molecule has 0 aliphatic heterocycles. The number of nitrogens with one attached hydrogen (secondary N) is 1. The zero-order chi connectivity index (χ0) is 22.2. The van der Waals surface area contributed by atoms with E-state index >= 15 is 0 Å². The van der Waals surface area contributed by atoms with E-state index in [2.05, 4.69) is 40.4 Å². The van der Waals surface area contributed by atoms with Crippen molar-refractivity contribution in [3.63, 3.8) is 0 Å². The fraction of sp³-hybridized carbons (Fsp3) is 0.375. The summed E-state index contributed by atoms with van der Waals surface area (Å²) in [6, 6.07) is 13.9. The van der Waals surface area contributed by atoms with E-state index in [0.29, 0.717) is 35.9 Å². The minimum absolute atomic E-state index is 0.0342. The van der Waals surface area contributed by atoms with Crippen LogP contribution in [-0.2, 0) is 17.8 Å². The van der Waals surface area contributed by atoms with Crippen LogP contribution in [0.1, 0.15) is 54.1 Å². The summed E-state index contributed by atoms with van der Waals surface area (Å²) in [4.78, 5) is 9.97. The SMILES string of the molecule is C=NOC(=NCc1cccc2c1CCC2NCCO)c1ccc(OC(C)C)c(C#N)c1. The number of benzene rings is 2. The molecule has 1 atom stereocenters. The number of aliphatic imine (C=N–C) groups is 1. The molecule has 2 aromatic rings. The van der Waals surface area contributed by atoms with Crippen molar-refractivity contribution >= 4 is 12.6 Å². The van der Waals surface area contributed by atoms with Gasteiger partial charge in [-0.1, -0.05) is 23.4 Å². The molecule has 0 fully saturated rings. The number of hydrogen-bond acceptors (Lipinski definition) is 7. The van der Waals surface area contributed by atoms with Crippen molar-refractivity contribution in [3.8, 4) is 11.8 Å². The second-order valence-corrected chi connectivity index (χ2v) is 7.59. The van der Waals surface area contributed by atoms with Crippen LogP contribution in [0.4, 0.5) is 0 Å². The predicted octanol–water partition coefficient (Wildman–Crippen LogP) is 3.49. The minimum Gasteiger partial charge on any atom is -0.490 e. The summed E-state index contributed by atoms with van der Waals surface area (Å²) >= 11 is 0. The number of hydrogen-bond donors (Lipinski definition) is 2. The zero-order valence-electron chi connectivity index (χ0n) is 18.0. The molecule has 162 valence electrons. The first kappa shape index (κ1) is 22.5. The van der Waals surface area contributed by atoms with Gasteiger partial charge in [0.1, 0.15) is 11.8 Å². The maximum absolute atomic E-state index is 9.50. The normalized spacial score (nSPS) is 15.5. The summed E-state index contributed by atoms with van der Waals surface area (Å²) in [5, 5.41) is 25.5. The second-order valence-electron chi connectivity index (χ2n) is 7.59. The summed E-state index contributed by atoms with van der Waals surface area (Å²) in [6.07, 6.45) is 1.92. The Bertz CT molecular complexity index is 995. The topological polar surface area (TPSA) is 99.2 Å². The van der Waals surface area contributed by atoms with Crippen LogP contribution in [0.25, 0.3) is 0 Å². The summed E-state index contributed by atoms with van der Waals surface area (Å²) in [5.41, 5.74) is 4.70. The molecule has 3 rings (SSSR count). The van der Waals surface area contributed by atoms with Gasteiger partial charge >= 0.3 is 0 Å². The highest BCUT2D eigenvalue weighted by molar-refractivity contribution is 5.94. The fourth-order valence-corrected chi connectivity index (χ4v) is 3.83. The highest BCUT2D eigenvalue weighted by atomic mass is 16.6. The number of fused-ring (bicyclic) bond motifs is 1. The van der Waals surface area contributed by atoms with E-state index in [-0.39, 0.29) is 18.8 Å². The van der Waals surface area contributed by atoms with Crippen molar-refractivity contribution in [3.05, 3.63) is 64.2 Å². The van der Waals surface area contributed by atoms with E-state index in [1.54, 1.807) is 18.2 Å². The molecule has 0 spiro atoms. The molecule has 7 nitrogen and oxygen atoms in total. The van der Waals surface area contributed by atoms with Gasteiger partial charge < -0.3 is 20.0 Å². The van der Waals surface area contributed by atoms with Gasteiger partial charge in [0, 0.05) is 24.9 Å². The number of aliphatic hydroxyl groups excluding tert-OH is 1. The molecule has 0 bridgehead atoms. The van der Waals surface area contributed by atoms with Crippen LogP contribution < -0.4 is 10.1 Å². The van der Waals surface area contributed by atoms with Crippen molar-refractivity contribution in [1.29, 1.82) is 5.26 Å². The molecule has 1 aliphatic rings. The van der Waals surface area contributed by atoms with Gasteiger partial charge in [0.2, 0.25) is 0 Å². The molecule has 0 amide bonds. The standard InChI is InChI=1S/C24H28N4O3/c1-16(2)30-23-10-7-17(13-19(23)14-25)24(31-26-3)28-15-18-5-4-6-21-20(18)8-9-22(21)27-11-12-29/h4-7,10,13,16,22,27,29H,3,8-9,11-12,15H2,1-2H3. The van der Waals surface area contributed by atoms with Gasteiger partial charge in [-0.05, 0) is 61.6 Å². The van der Waals surface area contributed by atoms with E-state index in [9.17, 15) is 5.26 Å². The first-order valence-corrected chi connectivity index (χ1v) is 10.4. The highest BCUT2D eigenvalue weighted by Gasteiger charge is 2.23. The minimum atomic E-state index is -0.0342. The highest BCUT2D eigenvalue weighted by Crippen LogP contribution is 2.33.